The molecule has 18 heavy (non-hydrogen) atoms. The third-order valence-corrected chi connectivity index (χ3v) is 4.66. The first-order valence-corrected chi connectivity index (χ1v) is 6.88. The average molecular weight is 250 g/mol. The van der Waals surface area contributed by atoms with Crippen LogP contribution in [0, 0.1) is 5.92 Å². The summed E-state index contributed by atoms with van der Waals surface area (Å²) in [5.41, 5.74) is 7.63. The Hall–Kier alpha value is -0.870. The second-order valence-electron chi connectivity index (χ2n) is 6.07. The summed E-state index contributed by atoms with van der Waals surface area (Å²) >= 11 is 0. The Morgan fingerprint density at radius 2 is 2.06 bits per heavy atom. The van der Waals surface area contributed by atoms with Gasteiger partial charge in [0.25, 0.3) is 0 Å². The predicted molar refractivity (Wildman–Crippen MR) is 74.2 cm³/mol. The van der Waals surface area contributed by atoms with E-state index in [4.69, 9.17) is 5.73 Å². The molecule has 1 aromatic heterocycles. The first kappa shape index (κ1) is 13.6. The summed E-state index contributed by atoms with van der Waals surface area (Å²) in [6.45, 7) is 2.34. The lowest BCUT2D eigenvalue weighted by atomic mass is 9.71. The minimum atomic E-state index is 0.00111. The highest BCUT2D eigenvalue weighted by atomic mass is 15.3. The number of hydrogen-bond donors (Lipinski definition) is 1. The Labute approximate surface area is 110 Å². The van der Waals surface area contributed by atoms with Crippen LogP contribution in [-0.4, -0.2) is 34.3 Å². The molecule has 0 aromatic carbocycles. The van der Waals surface area contributed by atoms with Gasteiger partial charge in [0.15, 0.2) is 0 Å². The van der Waals surface area contributed by atoms with Crippen LogP contribution in [0.5, 0.6) is 0 Å². The van der Waals surface area contributed by atoms with Crippen molar-refractivity contribution in [3.05, 3.63) is 18.0 Å². The van der Waals surface area contributed by atoms with Crippen LogP contribution in [0.25, 0.3) is 0 Å². The Bertz CT molecular complexity index is 388. The Morgan fingerprint density at radius 3 is 2.50 bits per heavy atom. The third-order valence-electron chi connectivity index (χ3n) is 4.66. The first-order chi connectivity index (χ1) is 8.45. The van der Waals surface area contributed by atoms with Gasteiger partial charge in [-0.05, 0) is 51.8 Å². The number of aromatic nitrogens is 2. The van der Waals surface area contributed by atoms with Crippen molar-refractivity contribution in [3.8, 4) is 0 Å². The second kappa shape index (κ2) is 5.02. The highest BCUT2D eigenvalue weighted by Gasteiger charge is 2.42. The molecule has 1 fully saturated rings. The summed E-state index contributed by atoms with van der Waals surface area (Å²) in [5, 5.41) is 4.50. The zero-order valence-electron chi connectivity index (χ0n) is 12.1. The van der Waals surface area contributed by atoms with Crippen LogP contribution < -0.4 is 5.73 Å². The minimum Gasteiger partial charge on any atom is -0.321 e. The number of rotatable bonds is 3. The molecule has 4 heteroatoms. The molecule has 1 aliphatic carbocycles. The molecule has 1 aromatic rings. The molecule has 0 radical (unpaired) electrons. The standard InChI is InChI=1S/C14H26N4/c1-11-5-8-14(9-6-11,17(2)3)13(15)12-7-10-18(4)16-12/h7,10-11,13H,5-6,8-9,15H2,1-4H3. The molecule has 1 saturated carbocycles. The van der Waals surface area contributed by atoms with Gasteiger partial charge in [-0.3, -0.25) is 4.68 Å². The quantitative estimate of drug-likeness (QED) is 0.891. The SMILES string of the molecule is CC1CCC(C(N)c2ccn(C)n2)(N(C)C)CC1. The topological polar surface area (TPSA) is 47.1 Å². The molecule has 0 amide bonds. The molecule has 102 valence electrons. The van der Waals surface area contributed by atoms with E-state index in [0.717, 1.165) is 11.6 Å². The van der Waals surface area contributed by atoms with E-state index in [-0.39, 0.29) is 11.6 Å². The molecule has 1 heterocycles. The zero-order valence-corrected chi connectivity index (χ0v) is 12.1. The molecule has 4 nitrogen and oxygen atoms in total. The van der Waals surface area contributed by atoms with E-state index < -0.39 is 0 Å². The first-order valence-electron chi connectivity index (χ1n) is 6.88. The lowest BCUT2D eigenvalue weighted by Gasteiger charge is -2.48. The maximum absolute atomic E-state index is 6.55. The normalized spacial score (nSPS) is 30.7. The average Bonchev–Trinajstić information content (AvgIpc) is 2.76. The van der Waals surface area contributed by atoms with Crippen LogP contribution in [0.2, 0.25) is 0 Å². The van der Waals surface area contributed by atoms with Crippen LogP contribution in [0.3, 0.4) is 0 Å². The van der Waals surface area contributed by atoms with Crippen molar-refractivity contribution in [2.24, 2.45) is 18.7 Å². The highest BCUT2D eigenvalue weighted by molar-refractivity contribution is 5.14. The Balaban J connectivity index is 2.25. The number of aryl methyl sites for hydroxylation is 1. The van der Waals surface area contributed by atoms with Crippen molar-refractivity contribution in [1.29, 1.82) is 0 Å². The Kier molecular flexibility index (Phi) is 3.78. The van der Waals surface area contributed by atoms with Gasteiger partial charge in [-0.1, -0.05) is 6.92 Å². The third kappa shape index (κ3) is 2.31. The summed E-state index contributed by atoms with van der Waals surface area (Å²) in [6.07, 6.45) is 6.83. The lowest BCUT2D eigenvalue weighted by Crippen LogP contribution is -2.54. The van der Waals surface area contributed by atoms with Crippen molar-refractivity contribution >= 4 is 0 Å². The fourth-order valence-electron chi connectivity index (χ4n) is 3.17. The van der Waals surface area contributed by atoms with Crippen molar-refractivity contribution in [2.75, 3.05) is 14.1 Å². The molecule has 0 saturated heterocycles. The minimum absolute atomic E-state index is 0.00111. The Morgan fingerprint density at radius 1 is 1.44 bits per heavy atom. The van der Waals surface area contributed by atoms with E-state index in [0.29, 0.717) is 0 Å². The van der Waals surface area contributed by atoms with Gasteiger partial charge < -0.3 is 10.6 Å². The molecule has 0 aliphatic heterocycles. The maximum atomic E-state index is 6.55. The molecule has 0 bridgehead atoms. The molecule has 1 aliphatic rings. The fourth-order valence-corrected chi connectivity index (χ4v) is 3.17. The molecular weight excluding hydrogens is 224 g/mol. The summed E-state index contributed by atoms with van der Waals surface area (Å²) in [4.78, 5) is 2.32. The van der Waals surface area contributed by atoms with E-state index in [1.165, 1.54) is 25.7 Å². The second-order valence-corrected chi connectivity index (χ2v) is 6.07. The largest absolute Gasteiger partial charge is 0.321 e. The summed E-state index contributed by atoms with van der Waals surface area (Å²) in [6, 6.07) is 2.05. The number of likely N-dealkylation sites (N-methyl/N-ethyl adjacent to an activating group) is 1. The highest BCUT2D eigenvalue weighted by Crippen LogP contribution is 2.42. The smallest absolute Gasteiger partial charge is 0.0810 e. The van der Waals surface area contributed by atoms with Gasteiger partial charge in [0.05, 0.1) is 11.7 Å². The molecular formula is C14H26N4. The molecule has 2 rings (SSSR count). The van der Waals surface area contributed by atoms with Crippen LogP contribution in [-0.2, 0) is 7.05 Å². The number of hydrogen-bond acceptors (Lipinski definition) is 3. The van der Waals surface area contributed by atoms with E-state index in [9.17, 15) is 0 Å². The monoisotopic (exact) mass is 250 g/mol. The van der Waals surface area contributed by atoms with Crippen LogP contribution in [0.4, 0.5) is 0 Å². The summed E-state index contributed by atoms with van der Waals surface area (Å²) in [5.74, 6) is 0.828. The molecule has 2 N–H and O–H groups in total. The van der Waals surface area contributed by atoms with Gasteiger partial charge in [0.2, 0.25) is 0 Å². The van der Waals surface area contributed by atoms with E-state index in [1.807, 2.05) is 24.0 Å². The molecule has 1 unspecified atom stereocenters. The lowest BCUT2D eigenvalue weighted by molar-refractivity contribution is 0.0550. The van der Waals surface area contributed by atoms with E-state index in [2.05, 4.69) is 31.0 Å². The van der Waals surface area contributed by atoms with Crippen molar-refractivity contribution in [2.45, 2.75) is 44.2 Å². The molecule has 1 atom stereocenters. The van der Waals surface area contributed by atoms with E-state index >= 15 is 0 Å². The summed E-state index contributed by atoms with van der Waals surface area (Å²) in [7, 11) is 6.25. The van der Waals surface area contributed by atoms with Gasteiger partial charge in [-0.15, -0.1) is 0 Å². The van der Waals surface area contributed by atoms with Gasteiger partial charge in [-0.25, -0.2) is 0 Å². The molecule has 0 spiro atoms. The van der Waals surface area contributed by atoms with Crippen LogP contribution in [0.1, 0.15) is 44.3 Å². The van der Waals surface area contributed by atoms with Crippen molar-refractivity contribution < 1.29 is 0 Å². The predicted octanol–water partition coefficient (Wildman–Crippen LogP) is 1.93. The van der Waals surface area contributed by atoms with Crippen molar-refractivity contribution in [3.63, 3.8) is 0 Å². The van der Waals surface area contributed by atoms with Gasteiger partial charge in [-0.2, -0.15) is 5.10 Å². The van der Waals surface area contributed by atoms with Crippen LogP contribution >= 0.6 is 0 Å². The van der Waals surface area contributed by atoms with Crippen LogP contribution in [0.15, 0.2) is 12.3 Å². The summed E-state index contributed by atoms with van der Waals surface area (Å²) < 4.78 is 1.84. The zero-order chi connectivity index (χ0) is 13.3. The van der Waals surface area contributed by atoms with Gasteiger partial charge in [0, 0.05) is 18.8 Å². The number of nitrogens with two attached hydrogens (primary N) is 1. The maximum Gasteiger partial charge on any atom is 0.0810 e. The van der Waals surface area contributed by atoms with E-state index in [1.54, 1.807) is 0 Å². The van der Waals surface area contributed by atoms with Gasteiger partial charge >= 0.3 is 0 Å². The fraction of sp³-hybridized carbons (Fsp3) is 0.786. The van der Waals surface area contributed by atoms with Gasteiger partial charge in [0.1, 0.15) is 0 Å². The number of nitrogens with zero attached hydrogens (tertiary/aromatic N) is 3. The van der Waals surface area contributed by atoms with Crippen molar-refractivity contribution in [1.82, 2.24) is 14.7 Å².